The van der Waals surface area contributed by atoms with Gasteiger partial charge < -0.3 is 4.74 Å². The van der Waals surface area contributed by atoms with Gasteiger partial charge in [-0.05, 0) is 43.2 Å². The monoisotopic (exact) mass is 272 g/mol. The molecule has 0 N–H and O–H groups in total. The lowest BCUT2D eigenvalue weighted by Gasteiger charge is -2.08. The number of rotatable bonds is 3. The second-order valence-electron chi connectivity index (χ2n) is 4.16. The molecule has 0 saturated carbocycles. The molecule has 1 heterocycles. The van der Waals surface area contributed by atoms with E-state index in [0.29, 0.717) is 17.2 Å². The van der Waals surface area contributed by atoms with E-state index in [4.69, 9.17) is 21.6 Å². The van der Waals surface area contributed by atoms with Crippen molar-refractivity contribution in [3.63, 3.8) is 0 Å². The van der Waals surface area contributed by atoms with Crippen LogP contribution in [0.2, 0.25) is 5.02 Å². The first-order chi connectivity index (χ1) is 9.12. The standard InChI is InChI=1S/C15H13ClN2O/c1-3-12-8-13(4-5-14(12)16)19-15-7-11(9-17)6-10(2)18-15/h4-8H,3H2,1-2H3. The molecule has 0 atom stereocenters. The quantitative estimate of drug-likeness (QED) is 0.838. The largest absolute Gasteiger partial charge is 0.439 e. The minimum absolute atomic E-state index is 0.418. The number of aromatic nitrogens is 1. The van der Waals surface area contributed by atoms with Crippen molar-refractivity contribution in [2.45, 2.75) is 20.3 Å². The molecule has 4 heteroatoms. The van der Waals surface area contributed by atoms with Gasteiger partial charge in [-0.25, -0.2) is 4.98 Å². The zero-order valence-corrected chi connectivity index (χ0v) is 11.5. The summed E-state index contributed by atoms with van der Waals surface area (Å²) < 4.78 is 5.68. The van der Waals surface area contributed by atoms with Crippen LogP contribution in [0.1, 0.15) is 23.7 Å². The summed E-state index contributed by atoms with van der Waals surface area (Å²) in [5.74, 6) is 1.09. The Hall–Kier alpha value is -2.05. The number of pyridine rings is 1. The number of aryl methyl sites for hydroxylation is 2. The van der Waals surface area contributed by atoms with Crippen LogP contribution >= 0.6 is 11.6 Å². The van der Waals surface area contributed by atoms with Crippen LogP contribution in [0.4, 0.5) is 0 Å². The molecule has 0 spiro atoms. The summed E-state index contributed by atoms with van der Waals surface area (Å²) in [6.45, 7) is 3.86. The number of hydrogen-bond acceptors (Lipinski definition) is 3. The Morgan fingerprint density at radius 3 is 2.79 bits per heavy atom. The van der Waals surface area contributed by atoms with Crippen molar-refractivity contribution < 1.29 is 4.74 Å². The highest BCUT2D eigenvalue weighted by Crippen LogP contribution is 2.26. The Kier molecular flexibility index (Phi) is 4.03. The van der Waals surface area contributed by atoms with E-state index in [1.807, 2.05) is 19.9 Å². The average molecular weight is 273 g/mol. The predicted octanol–water partition coefficient (Wildman–Crippen LogP) is 4.27. The Morgan fingerprint density at radius 2 is 2.11 bits per heavy atom. The van der Waals surface area contributed by atoms with Gasteiger partial charge in [0.05, 0.1) is 11.6 Å². The van der Waals surface area contributed by atoms with Gasteiger partial charge in [0.1, 0.15) is 5.75 Å². The minimum Gasteiger partial charge on any atom is -0.439 e. The molecule has 0 amide bonds. The normalized spacial score (nSPS) is 10.0. The molecule has 0 aliphatic rings. The lowest BCUT2D eigenvalue weighted by Crippen LogP contribution is -1.93. The highest BCUT2D eigenvalue weighted by Gasteiger charge is 2.05. The van der Waals surface area contributed by atoms with E-state index in [9.17, 15) is 0 Å². The number of ether oxygens (including phenoxy) is 1. The third kappa shape index (κ3) is 3.24. The van der Waals surface area contributed by atoms with Crippen molar-refractivity contribution in [3.05, 3.63) is 52.2 Å². The molecule has 1 aromatic heterocycles. The molecule has 2 rings (SSSR count). The SMILES string of the molecule is CCc1cc(Oc2cc(C#N)cc(C)n2)ccc1Cl. The van der Waals surface area contributed by atoms with Crippen molar-refractivity contribution >= 4 is 11.6 Å². The maximum absolute atomic E-state index is 8.92. The molecular formula is C15H13ClN2O. The predicted molar refractivity (Wildman–Crippen MR) is 74.6 cm³/mol. The van der Waals surface area contributed by atoms with Gasteiger partial charge in [-0.2, -0.15) is 5.26 Å². The Morgan fingerprint density at radius 1 is 1.32 bits per heavy atom. The molecule has 0 fully saturated rings. The molecule has 0 saturated heterocycles. The molecule has 0 aliphatic carbocycles. The van der Waals surface area contributed by atoms with E-state index in [1.165, 1.54) is 0 Å². The second kappa shape index (κ2) is 5.73. The summed E-state index contributed by atoms with van der Waals surface area (Å²) in [5, 5.41) is 9.65. The van der Waals surface area contributed by atoms with E-state index in [2.05, 4.69) is 11.1 Å². The van der Waals surface area contributed by atoms with Gasteiger partial charge in [0.15, 0.2) is 0 Å². The van der Waals surface area contributed by atoms with E-state index < -0.39 is 0 Å². The molecule has 0 aliphatic heterocycles. The first-order valence-corrected chi connectivity index (χ1v) is 6.35. The van der Waals surface area contributed by atoms with E-state index in [-0.39, 0.29) is 0 Å². The number of benzene rings is 1. The summed E-state index contributed by atoms with van der Waals surface area (Å²) in [5.41, 5.74) is 2.30. The molecule has 96 valence electrons. The molecule has 19 heavy (non-hydrogen) atoms. The minimum atomic E-state index is 0.418. The third-order valence-corrected chi connectivity index (χ3v) is 3.05. The average Bonchev–Trinajstić information content (AvgIpc) is 2.40. The first-order valence-electron chi connectivity index (χ1n) is 5.97. The van der Waals surface area contributed by atoms with Crippen LogP contribution in [0.3, 0.4) is 0 Å². The Labute approximate surface area is 117 Å². The van der Waals surface area contributed by atoms with Crippen LogP contribution in [0, 0.1) is 18.3 Å². The van der Waals surface area contributed by atoms with Gasteiger partial charge in [0, 0.05) is 16.8 Å². The lowest BCUT2D eigenvalue weighted by atomic mass is 10.1. The molecule has 3 nitrogen and oxygen atoms in total. The van der Waals surface area contributed by atoms with Crippen LogP contribution in [0.25, 0.3) is 0 Å². The lowest BCUT2D eigenvalue weighted by molar-refractivity contribution is 0.461. The highest BCUT2D eigenvalue weighted by atomic mass is 35.5. The first kappa shape index (κ1) is 13.4. The summed E-state index contributed by atoms with van der Waals surface area (Å²) in [7, 11) is 0. The van der Waals surface area contributed by atoms with Crippen molar-refractivity contribution in [1.82, 2.24) is 4.98 Å². The fourth-order valence-corrected chi connectivity index (χ4v) is 2.01. The smallest absolute Gasteiger partial charge is 0.220 e. The van der Waals surface area contributed by atoms with Crippen LogP contribution in [-0.2, 0) is 6.42 Å². The molecule has 1 aromatic carbocycles. The van der Waals surface area contributed by atoms with Crippen LogP contribution in [-0.4, -0.2) is 4.98 Å². The Bertz CT molecular complexity index is 647. The van der Waals surface area contributed by atoms with Gasteiger partial charge in [-0.3, -0.25) is 0 Å². The van der Waals surface area contributed by atoms with Gasteiger partial charge in [0.2, 0.25) is 5.88 Å². The van der Waals surface area contributed by atoms with Gasteiger partial charge in [-0.15, -0.1) is 0 Å². The van der Waals surface area contributed by atoms with Gasteiger partial charge >= 0.3 is 0 Å². The second-order valence-corrected chi connectivity index (χ2v) is 4.56. The summed E-state index contributed by atoms with van der Waals surface area (Å²) in [6.07, 6.45) is 0.834. The molecule has 0 unspecified atom stereocenters. The van der Waals surface area contributed by atoms with Crippen molar-refractivity contribution in [2.24, 2.45) is 0 Å². The van der Waals surface area contributed by atoms with Crippen molar-refractivity contribution in [3.8, 4) is 17.7 Å². The van der Waals surface area contributed by atoms with E-state index in [0.717, 1.165) is 22.7 Å². The number of nitrogens with zero attached hydrogens (tertiary/aromatic N) is 2. The zero-order valence-electron chi connectivity index (χ0n) is 10.8. The number of hydrogen-bond donors (Lipinski definition) is 0. The highest BCUT2D eigenvalue weighted by molar-refractivity contribution is 6.31. The van der Waals surface area contributed by atoms with Crippen molar-refractivity contribution in [1.29, 1.82) is 5.26 Å². The molecule has 0 radical (unpaired) electrons. The van der Waals surface area contributed by atoms with Crippen molar-refractivity contribution in [2.75, 3.05) is 0 Å². The van der Waals surface area contributed by atoms with E-state index in [1.54, 1.807) is 24.3 Å². The maximum atomic E-state index is 8.92. The molecular weight excluding hydrogens is 260 g/mol. The number of nitriles is 1. The maximum Gasteiger partial charge on any atom is 0.220 e. The summed E-state index contributed by atoms with van der Waals surface area (Å²) in [6, 6.07) is 10.9. The van der Waals surface area contributed by atoms with Crippen LogP contribution < -0.4 is 4.74 Å². The molecule has 2 aromatic rings. The summed E-state index contributed by atoms with van der Waals surface area (Å²) >= 11 is 6.06. The fraction of sp³-hybridized carbons (Fsp3) is 0.200. The topological polar surface area (TPSA) is 45.9 Å². The van der Waals surface area contributed by atoms with Crippen LogP contribution in [0.15, 0.2) is 30.3 Å². The van der Waals surface area contributed by atoms with Gasteiger partial charge in [0.25, 0.3) is 0 Å². The van der Waals surface area contributed by atoms with E-state index >= 15 is 0 Å². The fourth-order valence-electron chi connectivity index (χ4n) is 1.76. The Balaban J connectivity index is 2.31. The molecule has 0 bridgehead atoms. The van der Waals surface area contributed by atoms with Gasteiger partial charge in [-0.1, -0.05) is 18.5 Å². The zero-order chi connectivity index (χ0) is 13.8. The number of halogens is 1. The third-order valence-electron chi connectivity index (χ3n) is 2.68. The van der Waals surface area contributed by atoms with Crippen LogP contribution in [0.5, 0.6) is 11.6 Å². The summed E-state index contributed by atoms with van der Waals surface area (Å²) in [4.78, 5) is 4.25.